The third kappa shape index (κ3) is 5.90. The van der Waals surface area contributed by atoms with Crippen molar-refractivity contribution in [2.75, 3.05) is 17.7 Å². The Labute approximate surface area is 163 Å². The van der Waals surface area contributed by atoms with E-state index in [0.29, 0.717) is 29.5 Å². The minimum absolute atomic E-state index is 0.00475. The molecule has 142 valence electrons. The van der Waals surface area contributed by atoms with E-state index in [2.05, 4.69) is 20.3 Å². The van der Waals surface area contributed by atoms with Crippen LogP contribution >= 0.6 is 23.1 Å². The van der Waals surface area contributed by atoms with Gasteiger partial charge in [0.2, 0.25) is 5.91 Å². The highest BCUT2D eigenvalue weighted by molar-refractivity contribution is 7.99. The number of aromatic amines is 1. The summed E-state index contributed by atoms with van der Waals surface area (Å²) in [5.41, 5.74) is 0.388. The first kappa shape index (κ1) is 20.6. The number of aryl methyl sites for hydroxylation is 1. The zero-order valence-corrected chi connectivity index (χ0v) is 16.3. The van der Waals surface area contributed by atoms with E-state index in [4.69, 9.17) is 10.00 Å². The third-order valence-corrected chi connectivity index (χ3v) is 4.87. The zero-order chi connectivity index (χ0) is 19.8. The van der Waals surface area contributed by atoms with Gasteiger partial charge in [-0.05, 0) is 13.3 Å². The minimum Gasteiger partial charge on any atom is -0.466 e. The largest absolute Gasteiger partial charge is 0.466 e. The second-order valence-corrected chi connectivity index (χ2v) is 6.94. The Kier molecular flexibility index (Phi) is 7.51. The molecule has 2 aromatic rings. The fraction of sp³-hybridized carbons (Fsp3) is 0.375. The molecule has 1 amide bonds. The Morgan fingerprint density at radius 1 is 1.41 bits per heavy atom. The monoisotopic (exact) mass is 407 g/mol. The van der Waals surface area contributed by atoms with E-state index in [1.165, 1.54) is 11.3 Å². The molecule has 0 aliphatic heterocycles. The number of hydrogen-bond acceptors (Lipinski definition) is 9. The van der Waals surface area contributed by atoms with Crippen LogP contribution in [0.3, 0.4) is 0 Å². The molecular formula is C16H17N5O4S2. The van der Waals surface area contributed by atoms with Gasteiger partial charge in [-0.2, -0.15) is 5.26 Å². The fourth-order valence-corrected chi connectivity index (χ4v) is 3.44. The summed E-state index contributed by atoms with van der Waals surface area (Å²) in [7, 11) is 0. The second kappa shape index (κ2) is 9.84. The summed E-state index contributed by atoms with van der Waals surface area (Å²) in [6.45, 7) is 3.82. The van der Waals surface area contributed by atoms with Crippen molar-refractivity contribution in [3.05, 3.63) is 32.7 Å². The molecule has 0 atom stereocenters. The van der Waals surface area contributed by atoms with Crippen molar-refractivity contribution < 1.29 is 14.3 Å². The molecule has 2 rings (SSSR count). The Morgan fingerprint density at radius 3 is 2.85 bits per heavy atom. The Bertz CT molecular complexity index is 932. The van der Waals surface area contributed by atoms with Crippen molar-refractivity contribution in [3.63, 3.8) is 0 Å². The van der Waals surface area contributed by atoms with Gasteiger partial charge in [-0.25, -0.2) is 9.97 Å². The number of nitrogens with one attached hydrogen (secondary N) is 2. The molecule has 0 spiro atoms. The topological polar surface area (TPSA) is 138 Å². The van der Waals surface area contributed by atoms with Gasteiger partial charge >= 0.3 is 5.97 Å². The lowest BCUT2D eigenvalue weighted by molar-refractivity contribution is -0.142. The van der Waals surface area contributed by atoms with Gasteiger partial charge in [-0.15, -0.1) is 11.3 Å². The minimum atomic E-state index is -0.518. The summed E-state index contributed by atoms with van der Waals surface area (Å²) in [5.74, 6) is -0.703. The molecule has 0 saturated heterocycles. The van der Waals surface area contributed by atoms with Gasteiger partial charge in [0.05, 0.1) is 30.2 Å². The second-order valence-electron chi connectivity index (χ2n) is 5.12. The molecular weight excluding hydrogens is 390 g/mol. The number of aromatic nitrogens is 3. The average Bonchev–Trinajstić information content (AvgIpc) is 3.06. The van der Waals surface area contributed by atoms with Crippen LogP contribution in [-0.2, 0) is 27.2 Å². The molecule has 0 unspecified atom stereocenters. The lowest BCUT2D eigenvalue weighted by atomic mass is 10.2. The third-order valence-electron chi connectivity index (χ3n) is 3.19. The molecule has 2 N–H and O–H groups in total. The molecule has 0 aliphatic rings. The van der Waals surface area contributed by atoms with Gasteiger partial charge in [0.15, 0.2) is 10.3 Å². The normalized spacial score (nSPS) is 10.3. The maximum Gasteiger partial charge on any atom is 0.311 e. The molecule has 2 heterocycles. The predicted molar refractivity (Wildman–Crippen MR) is 101 cm³/mol. The molecule has 2 aromatic heterocycles. The maximum atomic E-state index is 12.1. The molecule has 0 aromatic carbocycles. The van der Waals surface area contributed by atoms with Crippen LogP contribution in [0, 0.1) is 11.3 Å². The van der Waals surface area contributed by atoms with E-state index in [1.807, 2.05) is 6.07 Å². The van der Waals surface area contributed by atoms with Gasteiger partial charge in [0.25, 0.3) is 5.56 Å². The highest BCUT2D eigenvalue weighted by atomic mass is 32.2. The molecule has 9 nitrogen and oxygen atoms in total. The van der Waals surface area contributed by atoms with Crippen LogP contribution in [0.5, 0.6) is 0 Å². The highest BCUT2D eigenvalue weighted by Crippen LogP contribution is 2.18. The van der Waals surface area contributed by atoms with Gasteiger partial charge in [0, 0.05) is 5.38 Å². The summed E-state index contributed by atoms with van der Waals surface area (Å²) >= 11 is 2.25. The number of anilines is 1. The highest BCUT2D eigenvalue weighted by Gasteiger charge is 2.13. The molecule has 11 heteroatoms. The first-order valence-electron chi connectivity index (χ1n) is 8.02. The molecule has 27 heavy (non-hydrogen) atoms. The van der Waals surface area contributed by atoms with Crippen molar-refractivity contribution in [1.82, 2.24) is 15.0 Å². The van der Waals surface area contributed by atoms with Crippen LogP contribution < -0.4 is 10.9 Å². The predicted octanol–water partition coefficient (Wildman–Crippen LogP) is 1.50. The number of nitrogens with zero attached hydrogens (tertiary/aromatic N) is 3. The van der Waals surface area contributed by atoms with Gasteiger partial charge in [0.1, 0.15) is 11.6 Å². The summed E-state index contributed by atoms with van der Waals surface area (Å²) in [4.78, 5) is 46.2. The van der Waals surface area contributed by atoms with Crippen molar-refractivity contribution in [3.8, 4) is 6.07 Å². The van der Waals surface area contributed by atoms with Crippen LogP contribution in [0.2, 0.25) is 0 Å². The number of carbonyl (C=O) groups is 2. The number of amides is 1. The number of thioether (sulfide) groups is 1. The molecule has 0 radical (unpaired) electrons. The molecule has 0 saturated carbocycles. The van der Waals surface area contributed by atoms with Gasteiger partial charge in [-0.1, -0.05) is 18.7 Å². The number of ether oxygens (including phenoxy) is 1. The number of hydrogen-bond donors (Lipinski definition) is 2. The number of nitriles is 1. The van der Waals surface area contributed by atoms with E-state index in [9.17, 15) is 14.4 Å². The lowest BCUT2D eigenvalue weighted by Crippen LogP contribution is -2.18. The smallest absolute Gasteiger partial charge is 0.311 e. The summed E-state index contributed by atoms with van der Waals surface area (Å²) in [5, 5.41) is 13.9. The average molecular weight is 407 g/mol. The van der Waals surface area contributed by atoms with E-state index in [-0.39, 0.29) is 34.8 Å². The van der Waals surface area contributed by atoms with E-state index < -0.39 is 5.56 Å². The van der Waals surface area contributed by atoms with Crippen molar-refractivity contribution in [2.45, 2.75) is 31.8 Å². The quantitative estimate of drug-likeness (QED) is 0.381. The number of esters is 1. The fourth-order valence-electron chi connectivity index (χ4n) is 2.03. The number of carbonyl (C=O) groups excluding carboxylic acids is 2. The molecule has 0 bridgehead atoms. The number of rotatable bonds is 8. The van der Waals surface area contributed by atoms with E-state index in [0.717, 1.165) is 11.8 Å². The van der Waals surface area contributed by atoms with Crippen molar-refractivity contribution in [1.29, 1.82) is 5.26 Å². The molecule has 0 fully saturated rings. The van der Waals surface area contributed by atoms with E-state index >= 15 is 0 Å². The van der Waals surface area contributed by atoms with Crippen LogP contribution in [0.1, 0.15) is 30.8 Å². The maximum absolute atomic E-state index is 12.1. The SMILES string of the molecule is CCOC(=O)Cc1csc(NC(=O)CSc2nc(CC)c(C#N)c(=O)[nH]2)n1. The Balaban J connectivity index is 1.93. The van der Waals surface area contributed by atoms with Crippen molar-refractivity contribution in [2.24, 2.45) is 0 Å². The van der Waals surface area contributed by atoms with Gasteiger partial charge < -0.3 is 15.0 Å². The summed E-state index contributed by atoms with van der Waals surface area (Å²) in [6.07, 6.45) is 0.486. The van der Waals surface area contributed by atoms with E-state index in [1.54, 1.807) is 19.2 Å². The van der Waals surface area contributed by atoms with Crippen LogP contribution in [-0.4, -0.2) is 39.2 Å². The molecule has 0 aliphatic carbocycles. The summed E-state index contributed by atoms with van der Waals surface area (Å²) in [6, 6.07) is 1.83. The zero-order valence-electron chi connectivity index (χ0n) is 14.7. The van der Waals surface area contributed by atoms with Crippen LogP contribution in [0.4, 0.5) is 5.13 Å². The standard InChI is InChI=1S/C16H17N5O4S2/c1-3-11-10(6-17)14(24)21-16(19-11)27-8-12(22)20-15-18-9(7-26-15)5-13(23)25-4-2/h7H,3-5,8H2,1-2H3,(H,18,20,22)(H,19,21,24). The Hall–Kier alpha value is -2.71. The number of thiazole rings is 1. The van der Waals surface area contributed by atoms with Crippen LogP contribution in [0.25, 0.3) is 0 Å². The lowest BCUT2D eigenvalue weighted by Gasteiger charge is -2.04. The van der Waals surface area contributed by atoms with Crippen molar-refractivity contribution >= 4 is 40.1 Å². The van der Waals surface area contributed by atoms with Gasteiger partial charge in [-0.3, -0.25) is 14.4 Å². The first-order valence-corrected chi connectivity index (χ1v) is 9.89. The Morgan fingerprint density at radius 2 is 2.19 bits per heavy atom. The summed E-state index contributed by atoms with van der Waals surface area (Å²) < 4.78 is 4.85. The number of H-pyrrole nitrogens is 1. The van der Waals surface area contributed by atoms with Crippen LogP contribution in [0.15, 0.2) is 15.3 Å². The first-order chi connectivity index (χ1) is 13.0.